The molecule has 1 aliphatic rings. The van der Waals surface area contributed by atoms with Crippen LogP contribution in [0.5, 0.6) is 0 Å². The van der Waals surface area contributed by atoms with Crippen LogP contribution in [0.25, 0.3) is 10.2 Å². The average molecular weight is 433 g/mol. The smallest absolute Gasteiger partial charge is 0.266 e. The van der Waals surface area contributed by atoms with E-state index in [0.29, 0.717) is 22.4 Å². The maximum absolute atomic E-state index is 13.4. The van der Waals surface area contributed by atoms with Crippen LogP contribution in [0.3, 0.4) is 0 Å². The summed E-state index contributed by atoms with van der Waals surface area (Å²) in [4.78, 5) is 26.0. The minimum absolute atomic E-state index is 0.0290. The molecule has 1 unspecified atom stereocenters. The number of rotatable bonds is 3. The molecule has 1 N–H and O–H groups in total. The third-order valence-corrected chi connectivity index (χ3v) is 6.82. The van der Waals surface area contributed by atoms with Crippen LogP contribution < -0.4 is 10.2 Å². The number of anilines is 2. The maximum atomic E-state index is 13.4. The Hall–Kier alpha value is -2.25. The van der Waals surface area contributed by atoms with Gasteiger partial charge in [-0.2, -0.15) is 0 Å². The number of aromatic nitrogens is 2. The zero-order chi connectivity index (χ0) is 20.7. The number of hydrogen-bond donors (Lipinski definition) is 1. The van der Waals surface area contributed by atoms with E-state index in [1.54, 1.807) is 0 Å². The molecule has 0 aliphatic carbocycles. The van der Waals surface area contributed by atoms with Crippen LogP contribution in [-0.2, 0) is 0 Å². The van der Waals surface area contributed by atoms with E-state index in [1.807, 2.05) is 13.8 Å². The van der Waals surface area contributed by atoms with Crippen molar-refractivity contribution in [2.45, 2.75) is 46.1 Å². The van der Waals surface area contributed by atoms with E-state index in [0.717, 1.165) is 41.0 Å². The molecular formula is C21H22ClFN4OS. The monoisotopic (exact) mass is 432 g/mol. The van der Waals surface area contributed by atoms with Gasteiger partial charge in [0.25, 0.3) is 5.91 Å². The van der Waals surface area contributed by atoms with E-state index in [2.05, 4.69) is 22.1 Å². The van der Waals surface area contributed by atoms with Crippen molar-refractivity contribution in [1.82, 2.24) is 9.97 Å². The van der Waals surface area contributed by atoms with Crippen molar-refractivity contribution >= 4 is 50.6 Å². The van der Waals surface area contributed by atoms with Crippen LogP contribution >= 0.6 is 22.9 Å². The first kappa shape index (κ1) is 20.0. The zero-order valence-electron chi connectivity index (χ0n) is 16.6. The normalized spacial score (nSPS) is 17.0. The van der Waals surface area contributed by atoms with Gasteiger partial charge in [-0.15, -0.1) is 11.3 Å². The Morgan fingerprint density at radius 1 is 1.31 bits per heavy atom. The number of nitrogens with one attached hydrogen (secondary N) is 1. The van der Waals surface area contributed by atoms with E-state index in [9.17, 15) is 9.18 Å². The third kappa shape index (κ3) is 3.81. The number of carbonyl (C=O) groups excluding carboxylic acids is 1. The standard InChI is InChI=1S/C21H22ClFN4OS/c1-11-6-4-5-9-27(11)19-17-12(2)18(29-21(17)25-13(3)24-19)20(28)26-14-7-8-16(23)15(22)10-14/h7-8,10-11H,4-6,9H2,1-3H3,(H,26,28). The summed E-state index contributed by atoms with van der Waals surface area (Å²) in [7, 11) is 0. The summed E-state index contributed by atoms with van der Waals surface area (Å²) in [6, 6.07) is 4.54. The lowest BCUT2D eigenvalue weighted by Gasteiger charge is -2.35. The van der Waals surface area contributed by atoms with Crippen molar-refractivity contribution in [2.24, 2.45) is 0 Å². The fraction of sp³-hybridized carbons (Fsp3) is 0.381. The lowest BCUT2D eigenvalue weighted by atomic mass is 10.0. The fourth-order valence-corrected chi connectivity index (χ4v) is 5.12. The Morgan fingerprint density at radius 2 is 2.10 bits per heavy atom. The molecule has 1 saturated heterocycles. The Balaban J connectivity index is 1.74. The number of hydrogen-bond acceptors (Lipinski definition) is 5. The summed E-state index contributed by atoms with van der Waals surface area (Å²) in [6.07, 6.45) is 3.49. The van der Waals surface area contributed by atoms with Gasteiger partial charge < -0.3 is 10.2 Å². The molecule has 3 heterocycles. The zero-order valence-corrected chi connectivity index (χ0v) is 18.1. The Kier molecular flexibility index (Phi) is 5.44. The summed E-state index contributed by atoms with van der Waals surface area (Å²) in [6.45, 7) is 6.99. The maximum Gasteiger partial charge on any atom is 0.266 e. The first-order chi connectivity index (χ1) is 13.8. The van der Waals surface area contributed by atoms with E-state index in [4.69, 9.17) is 16.6 Å². The summed E-state index contributed by atoms with van der Waals surface area (Å²) in [5.74, 6) is 0.832. The number of carbonyl (C=O) groups is 1. The third-order valence-electron chi connectivity index (χ3n) is 5.34. The van der Waals surface area contributed by atoms with Gasteiger partial charge in [0.1, 0.15) is 22.3 Å². The molecule has 1 aromatic carbocycles. The number of nitrogens with zero attached hydrogens (tertiary/aromatic N) is 3. The molecule has 2 aromatic heterocycles. The van der Waals surface area contributed by atoms with E-state index >= 15 is 0 Å². The second-order valence-corrected chi connectivity index (χ2v) is 8.86. The van der Waals surface area contributed by atoms with E-state index < -0.39 is 5.82 Å². The van der Waals surface area contributed by atoms with Crippen molar-refractivity contribution in [3.8, 4) is 0 Å². The number of aryl methyl sites for hydroxylation is 2. The van der Waals surface area contributed by atoms with Crippen LogP contribution in [0, 0.1) is 19.7 Å². The van der Waals surface area contributed by atoms with Gasteiger partial charge in [-0.05, 0) is 63.8 Å². The van der Waals surface area contributed by atoms with Crippen molar-refractivity contribution in [3.63, 3.8) is 0 Å². The van der Waals surface area contributed by atoms with Crippen LogP contribution in [0.4, 0.5) is 15.9 Å². The Morgan fingerprint density at radius 3 is 2.83 bits per heavy atom. The highest BCUT2D eigenvalue weighted by molar-refractivity contribution is 7.20. The van der Waals surface area contributed by atoms with Gasteiger partial charge in [0.2, 0.25) is 0 Å². The minimum Gasteiger partial charge on any atom is -0.353 e. The first-order valence-corrected chi connectivity index (χ1v) is 10.9. The minimum atomic E-state index is -0.520. The number of halogens is 2. The molecule has 152 valence electrons. The molecule has 1 fully saturated rings. The number of fused-ring (bicyclic) bond motifs is 1. The quantitative estimate of drug-likeness (QED) is 0.574. The van der Waals surface area contributed by atoms with Crippen molar-refractivity contribution < 1.29 is 9.18 Å². The highest BCUT2D eigenvalue weighted by Gasteiger charge is 2.26. The predicted molar refractivity (Wildman–Crippen MR) is 117 cm³/mol. The SMILES string of the molecule is Cc1nc(N2CCCCC2C)c2c(C)c(C(=O)Nc3ccc(F)c(Cl)c3)sc2n1. The molecule has 0 bridgehead atoms. The largest absolute Gasteiger partial charge is 0.353 e. The van der Waals surface area contributed by atoms with Crippen molar-refractivity contribution in [2.75, 3.05) is 16.8 Å². The predicted octanol–water partition coefficient (Wildman–Crippen LogP) is 5.73. The van der Waals surface area contributed by atoms with Crippen molar-refractivity contribution in [3.05, 3.63) is 45.3 Å². The lowest BCUT2D eigenvalue weighted by molar-refractivity contribution is 0.103. The molecule has 0 radical (unpaired) electrons. The molecule has 29 heavy (non-hydrogen) atoms. The average Bonchev–Trinajstić information content (AvgIpc) is 3.01. The molecule has 1 amide bonds. The van der Waals surface area contributed by atoms with Gasteiger partial charge in [0, 0.05) is 18.3 Å². The van der Waals surface area contributed by atoms with Gasteiger partial charge in [-0.1, -0.05) is 11.6 Å². The summed E-state index contributed by atoms with van der Waals surface area (Å²) in [5.41, 5.74) is 1.31. The highest BCUT2D eigenvalue weighted by atomic mass is 35.5. The molecular weight excluding hydrogens is 411 g/mol. The van der Waals surface area contributed by atoms with Gasteiger partial charge in [0.05, 0.1) is 15.3 Å². The Labute approximate surface area is 177 Å². The fourth-order valence-electron chi connectivity index (χ4n) is 3.82. The summed E-state index contributed by atoms with van der Waals surface area (Å²) in [5, 5.41) is 3.72. The van der Waals surface area contributed by atoms with Crippen LogP contribution in [-0.4, -0.2) is 28.5 Å². The molecule has 3 aromatic rings. The van der Waals surface area contributed by atoms with E-state index in [-0.39, 0.29) is 10.9 Å². The number of amides is 1. The number of benzene rings is 1. The second-order valence-electron chi connectivity index (χ2n) is 7.45. The molecule has 1 aliphatic heterocycles. The van der Waals surface area contributed by atoms with Gasteiger partial charge in [-0.3, -0.25) is 4.79 Å². The molecule has 5 nitrogen and oxygen atoms in total. The van der Waals surface area contributed by atoms with Crippen LogP contribution in [0.15, 0.2) is 18.2 Å². The van der Waals surface area contributed by atoms with Crippen LogP contribution in [0.2, 0.25) is 5.02 Å². The summed E-state index contributed by atoms with van der Waals surface area (Å²) >= 11 is 7.18. The number of thiophene rings is 1. The molecule has 8 heteroatoms. The summed E-state index contributed by atoms with van der Waals surface area (Å²) < 4.78 is 13.4. The van der Waals surface area contributed by atoms with Crippen LogP contribution in [0.1, 0.15) is 47.2 Å². The molecule has 1 atom stereocenters. The topological polar surface area (TPSA) is 58.1 Å². The van der Waals surface area contributed by atoms with Gasteiger partial charge in [0.15, 0.2) is 0 Å². The van der Waals surface area contributed by atoms with Gasteiger partial charge in [-0.25, -0.2) is 14.4 Å². The molecule has 4 rings (SSSR count). The number of piperidine rings is 1. The van der Waals surface area contributed by atoms with E-state index in [1.165, 1.54) is 36.0 Å². The lowest BCUT2D eigenvalue weighted by Crippen LogP contribution is -2.38. The van der Waals surface area contributed by atoms with Gasteiger partial charge >= 0.3 is 0 Å². The first-order valence-electron chi connectivity index (χ1n) is 9.66. The molecule has 0 spiro atoms. The highest BCUT2D eigenvalue weighted by Crippen LogP contribution is 2.38. The molecule has 0 saturated carbocycles. The second kappa shape index (κ2) is 7.88. The Bertz CT molecular complexity index is 1100. The van der Waals surface area contributed by atoms with Crippen molar-refractivity contribution in [1.29, 1.82) is 0 Å².